The molecule has 0 aliphatic heterocycles. The molecule has 0 atom stereocenters. The summed E-state index contributed by atoms with van der Waals surface area (Å²) in [5.74, 6) is -0.639. The first-order chi connectivity index (χ1) is 15.7. The number of esters is 1. The fraction of sp³-hybridized carbons (Fsp3) is 0.261. The highest BCUT2D eigenvalue weighted by Gasteiger charge is 2.23. The van der Waals surface area contributed by atoms with Gasteiger partial charge in [0, 0.05) is 12.1 Å². The topological polar surface area (TPSA) is 91.7 Å². The van der Waals surface area contributed by atoms with Gasteiger partial charge >= 0.3 is 5.97 Å². The van der Waals surface area contributed by atoms with Crippen molar-refractivity contribution in [3.63, 3.8) is 0 Å². The number of amides is 1. The third-order valence-electron chi connectivity index (χ3n) is 4.80. The molecule has 0 aliphatic carbocycles. The van der Waals surface area contributed by atoms with Crippen LogP contribution < -0.4 is 14.8 Å². The number of nitrogens with one attached hydrogen (secondary N) is 1. The highest BCUT2D eigenvalue weighted by atomic mass is 35.5. The van der Waals surface area contributed by atoms with Crippen LogP contribution in [0.4, 0.5) is 5.69 Å². The zero-order chi connectivity index (χ0) is 24.1. The Morgan fingerprint density at radius 2 is 1.70 bits per heavy atom. The Kier molecular flexibility index (Phi) is 7.84. The maximum atomic E-state index is 12.6. The average molecular weight is 492 g/mol. The van der Waals surface area contributed by atoms with Crippen LogP contribution in [0.25, 0.3) is 0 Å². The highest BCUT2D eigenvalue weighted by molar-refractivity contribution is 6.33. The van der Waals surface area contributed by atoms with Crippen LogP contribution in [0.15, 0.2) is 36.4 Å². The van der Waals surface area contributed by atoms with Crippen molar-refractivity contribution in [2.75, 3.05) is 26.1 Å². The maximum absolute atomic E-state index is 12.6. The number of carbonyl (C=O) groups is 2. The number of aromatic nitrogens is 2. The Labute approximate surface area is 201 Å². The summed E-state index contributed by atoms with van der Waals surface area (Å²) in [6.07, 6.45) is 0. The number of benzene rings is 2. The van der Waals surface area contributed by atoms with Crippen LogP contribution in [0, 0.1) is 13.8 Å². The molecule has 0 unspecified atom stereocenters. The molecule has 3 aromatic rings. The predicted molar refractivity (Wildman–Crippen MR) is 126 cm³/mol. The first-order valence-electron chi connectivity index (χ1n) is 9.90. The number of anilines is 1. The van der Waals surface area contributed by atoms with Gasteiger partial charge in [-0.1, -0.05) is 53.0 Å². The normalized spacial score (nSPS) is 10.6. The zero-order valence-electron chi connectivity index (χ0n) is 18.6. The molecule has 2 aromatic carbocycles. The minimum atomic E-state index is -0.747. The van der Waals surface area contributed by atoms with Crippen LogP contribution >= 0.6 is 23.2 Å². The number of hydrogen-bond acceptors (Lipinski definition) is 6. The van der Waals surface area contributed by atoms with E-state index in [1.165, 1.54) is 31.0 Å². The monoisotopic (exact) mass is 491 g/mol. The van der Waals surface area contributed by atoms with Crippen molar-refractivity contribution < 1.29 is 23.8 Å². The van der Waals surface area contributed by atoms with E-state index >= 15 is 0 Å². The molecule has 0 aliphatic rings. The number of carbonyl (C=O) groups excluding carboxylic acids is 2. The molecule has 174 valence electrons. The molecule has 10 heteroatoms. The largest absolute Gasteiger partial charge is 0.495 e. The average Bonchev–Trinajstić information content (AvgIpc) is 3.07. The van der Waals surface area contributed by atoms with Gasteiger partial charge < -0.3 is 19.5 Å². The number of hydrogen-bond donors (Lipinski definition) is 1. The lowest BCUT2D eigenvalue weighted by Crippen LogP contribution is -2.21. The summed E-state index contributed by atoms with van der Waals surface area (Å²) < 4.78 is 17.1. The molecule has 3 rings (SSSR count). The van der Waals surface area contributed by atoms with Crippen LogP contribution in [0.1, 0.15) is 27.2 Å². The quantitative estimate of drug-likeness (QED) is 0.460. The Morgan fingerprint density at radius 3 is 2.33 bits per heavy atom. The number of nitrogens with zero attached hydrogens (tertiary/aromatic N) is 2. The Morgan fingerprint density at radius 1 is 1.03 bits per heavy atom. The lowest BCUT2D eigenvalue weighted by Gasteiger charge is -2.13. The van der Waals surface area contributed by atoms with Crippen molar-refractivity contribution in [2.24, 2.45) is 0 Å². The first kappa shape index (κ1) is 24.4. The van der Waals surface area contributed by atoms with E-state index in [1.54, 1.807) is 6.92 Å². The molecule has 1 N–H and O–H groups in total. The summed E-state index contributed by atoms with van der Waals surface area (Å²) in [6, 6.07) is 10.9. The molecule has 0 radical (unpaired) electrons. The number of rotatable bonds is 8. The number of halogens is 2. The molecule has 1 heterocycles. The molecule has 0 bridgehead atoms. The molecule has 8 nitrogen and oxygen atoms in total. The lowest BCUT2D eigenvalue weighted by molar-refractivity contribution is -0.119. The summed E-state index contributed by atoms with van der Waals surface area (Å²) in [4.78, 5) is 25.0. The third kappa shape index (κ3) is 5.77. The molecule has 0 fully saturated rings. The van der Waals surface area contributed by atoms with Gasteiger partial charge in [0.25, 0.3) is 5.91 Å². The van der Waals surface area contributed by atoms with Crippen LogP contribution in [-0.2, 0) is 16.1 Å². The van der Waals surface area contributed by atoms with Gasteiger partial charge in [0.05, 0.1) is 37.2 Å². The van der Waals surface area contributed by atoms with E-state index < -0.39 is 18.5 Å². The van der Waals surface area contributed by atoms with Crippen molar-refractivity contribution >= 4 is 40.8 Å². The van der Waals surface area contributed by atoms with Gasteiger partial charge in [-0.25, -0.2) is 9.48 Å². The van der Waals surface area contributed by atoms with Gasteiger partial charge in [0.1, 0.15) is 22.2 Å². The van der Waals surface area contributed by atoms with Crippen molar-refractivity contribution in [1.82, 2.24) is 9.78 Å². The van der Waals surface area contributed by atoms with Crippen LogP contribution in [0.2, 0.25) is 10.2 Å². The fourth-order valence-electron chi connectivity index (χ4n) is 3.10. The van der Waals surface area contributed by atoms with Crippen molar-refractivity contribution in [3.8, 4) is 11.5 Å². The summed E-state index contributed by atoms with van der Waals surface area (Å²) in [5, 5.41) is 7.41. The van der Waals surface area contributed by atoms with E-state index in [9.17, 15) is 9.59 Å². The van der Waals surface area contributed by atoms with E-state index in [4.69, 9.17) is 37.4 Å². The maximum Gasteiger partial charge on any atom is 0.343 e. The predicted octanol–water partition coefficient (Wildman–Crippen LogP) is 4.67. The summed E-state index contributed by atoms with van der Waals surface area (Å²) >= 11 is 12.5. The van der Waals surface area contributed by atoms with E-state index in [-0.39, 0.29) is 10.7 Å². The van der Waals surface area contributed by atoms with Gasteiger partial charge in [0.15, 0.2) is 6.61 Å². The standard InChI is InChI=1S/C23H23Cl2N3O5/c1-13-5-7-15(8-6-13)11-28-22(25)21(14(2)27-28)23(30)33-12-20(29)26-17-10-18(31-3)16(24)9-19(17)32-4/h5-10H,11-12H2,1-4H3,(H,26,29). The van der Waals surface area contributed by atoms with E-state index in [0.717, 1.165) is 11.1 Å². The van der Waals surface area contributed by atoms with Gasteiger partial charge in [0.2, 0.25) is 0 Å². The molecule has 1 aromatic heterocycles. The number of methoxy groups -OCH3 is 2. The second kappa shape index (κ2) is 10.6. The van der Waals surface area contributed by atoms with E-state index in [0.29, 0.717) is 34.4 Å². The van der Waals surface area contributed by atoms with Crippen LogP contribution in [-0.4, -0.2) is 42.5 Å². The molecule has 0 spiro atoms. The highest BCUT2D eigenvalue weighted by Crippen LogP contribution is 2.35. The minimum Gasteiger partial charge on any atom is -0.495 e. The molecular weight excluding hydrogens is 469 g/mol. The SMILES string of the molecule is COc1cc(NC(=O)COC(=O)c2c(C)nn(Cc3ccc(C)cc3)c2Cl)c(OC)cc1Cl. The fourth-order valence-corrected chi connectivity index (χ4v) is 3.65. The summed E-state index contributed by atoms with van der Waals surface area (Å²) in [7, 11) is 2.89. The molecule has 33 heavy (non-hydrogen) atoms. The van der Waals surface area contributed by atoms with Crippen molar-refractivity contribution in [1.29, 1.82) is 0 Å². The second-order valence-electron chi connectivity index (χ2n) is 7.21. The van der Waals surface area contributed by atoms with Crippen molar-refractivity contribution in [3.05, 3.63) is 69.0 Å². The van der Waals surface area contributed by atoms with E-state index in [1.807, 2.05) is 31.2 Å². The van der Waals surface area contributed by atoms with Gasteiger partial charge in [-0.05, 0) is 19.4 Å². The number of ether oxygens (including phenoxy) is 3. The van der Waals surface area contributed by atoms with Crippen LogP contribution in [0.5, 0.6) is 11.5 Å². The summed E-state index contributed by atoms with van der Waals surface area (Å²) in [6.45, 7) is 3.51. The first-order valence-corrected chi connectivity index (χ1v) is 10.7. The molecular formula is C23H23Cl2N3O5. The Balaban J connectivity index is 1.67. The molecule has 1 amide bonds. The molecule has 0 saturated carbocycles. The zero-order valence-corrected chi connectivity index (χ0v) is 20.1. The second-order valence-corrected chi connectivity index (χ2v) is 7.97. The smallest absolute Gasteiger partial charge is 0.343 e. The van der Waals surface area contributed by atoms with Gasteiger partial charge in [-0.2, -0.15) is 5.10 Å². The van der Waals surface area contributed by atoms with Crippen molar-refractivity contribution in [2.45, 2.75) is 20.4 Å². The third-order valence-corrected chi connectivity index (χ3v) is 5.48. The van der Waals surface area contributed by atoms with E-state index in [2.05, 4.69) is 10.4 Å². The Hall–Kier alpha value is -3.23. The van der Waals surface area contributed by atoms with Crippen LogP contribution in [0.3, 0.4) is 0 Å². The minimum absolute atomic E-state index is 0.113. The van der Waals surface area contributed by atoms with Gasteiger partial charge in [-0.15, -0.1) is 0 Å². The Bertz CT molecular complexity index is 1180. The number of aryl methyl sites for hydroxylation is 2. The van der Waals surface area contributed by atoms with Gasteiger partial charge in [-0.3, -0.25) is 4.79 Å². The lowest BCUT2D eigenvalue weighted by atomic mass is 10.1. The molecule has 0 saturated heterocycles. The summed E-state index contributed by atoms with van der Waals surface area (Å²) in [5.41, 5.74) is 2.96.